The van der Waals surface area contributed by atoms with E-state index in [0.717, 1.165) is 30.7 Å². The van der Waals surface area contributed by atoms with Crippen molar-refractivity contribution in [2.75, 3.05) is 18.5 Å². The molecule has 3 aromatic rings. The molecule has 7 heteroatoms. The van der Waals surface area contributed by atoms with Gasteiger partial charge in [0.1, 0.15) is 0 Å². The van der Waals surface area contributed by atoms with Crippen LogP contribution in [0.15, 0.2) is 36.7 Å². The van der Waals surface area contributed by atoms with Crippen molar-refractivity contribution >= 4 is 28.6 Å². The predicted molar refractivity (Wildman–Crippen MR) is 111 cm³/mol. The molecule has 3 heterocycles. The Kier molecular flexibility index (Phi) is 4.91. The summed E-state index contributed by atoms with van der Waals surface area (Å²) in [5.41, 5.74) is 6.52. The highest BCUT2D eigenvalue weighted by atomic mass is 35.5. The third kappa shape index (κ3) is 3.59. The molecule has 1 saturated heterocycles. The third-order valence-corrected chi connectivity index (χ3v) is 6.20. The Balaban J connectivity index is 1.33. The summed E-state index contributed by atoms with van der Waals surface area (Å²) in [5, 5.41) is 2.51. The fourth-order valence-corrected chi connectivity index (χ4v) is 4.78. The van der Waals surface area contributed by atoms with Crippen molar-refractivity contribution in [3.8, 4) is 0 Å². The first-order valence-electron chi connectivity index (χ1n) is 10.2. The molecule has 5 rings (SSSR count). The van der Waals surface area contributed by atoms with E-state index in [1.807, 2.05) is 6.33 Å². The van der Waals surface area contributed by atoms with E-state index < -0.39 is 0 Å². The van der Waals surface area contributed by atoms with Gasteiger partial charge in [-0.15, -0.1) is 0 Å². The fourth-order valence-electron chi connectivity index (χ4n) is 4.62. The Labute approximate surface area is 169 Å². The largest absolute Gasteiger partial charge is 0.312 e. The summed E-state index contributed by atoms with van der Waals surface area (Å²) in [6, 6.07) is 11.2. The molecule has 1 aliphatic carbocycles. The SMILES string of the molecule is Clc1nc(NN2CCC(Cc3ccccc3)C2)c2ncn(C3CCCC3)c2n1. The van der Waals surface area contributed by atoms with Crippen LogP contribution in [0.4, 0.5) is 5.82 Å². The second kappa shape index (κ2) is 7.68. The predicted octanol–water partition coefficient (Wildman–Crippen LogP) is 4.49. The number of hydrazine groups is 1. The van der Waals surface area contributed by atoms with E-state index in [9.17, 15) is 0 Å². The van der Waals surface area contributed by atoms with Crippen molar-refractivity contribution in [1.29, 1.82) is 0 Å². The average Bonchev–Trinajstić information content (AvgIpc) is 3.43. The summed E-state index contributed by atoms with van der Waals surface area (Å²) in [6.45, 7) is 1.98. The van der Waals surface area contributed by atoms with Crippen molar-refractivity contribution in [3.63, 3.8) is 0 Å². The van der Waals surface area contributed by atoms with Gasteiger partial charge in [-0.2, -0.15) is 9.97 Å². The number of benzene rings is 1. The number of nitrogens with one attached hydrogen (secondary N) is 1. The molecule has 2 aliphatic rings. The first kappa shape index (κ1) is 17.9. The maximum Gasteiger partial charge on any atom is 0.226 e. The number of nitrogens with zero attached hydrogens (tertiary/aromatic N) is 5. The van der Waals surface area contributed by atoms with E-state index in [1.54, 1.807) is 0 Å². The Morgan fingerprint density at radius 2 is 1.89 bits per heavy atom. The van der Waals surface area contributed by atoms with Crippen molar-refractivity contribution in [2.24, 2.45) is 5.92 Å². The van der Waals surface area contributed by atoms with Gasteiger partial charge in [0.05, 0.1) is 6.33 Å². The minimum Gasteiger partial charge on any atom is -0.312 e. The Bertz CT molecular complexity index is 950. The second-order valence-corrected chi connectivity index (χ2v) is 8.34. The molecule has 2 fully saturated rings. The molecule has 146 valence electrons. The molecule has 1 aromatic carbocycles. The lowest BCUT2D eigenvalue weighted by atomic mass is 9.99. The molecule has 1 saturated carbocycles. The topological polar surface area (TPSA) is 58.9 Å². The minimum atomic E-state index is 0.273. The van der Waals surface area contributed by atoms with Gasteiger partial charge in [-0.25, -0.2) is 9.99 Å². The second-order valence-electron chi connectivity index (χ2n) is 8.01. The molecule has 0 amide bonds. The fraction of sp³-hybridized carbons (Fsp3) is 0.476. The molecule has 0 bridgehead atoms. The maximum atomic E-state index is 6.26. The monoisotopic (exact) mass is 396 g/mol. The van der Waals surface area contributed by atoms with E-state index in [4.69, 9.17) is 11.6 Å². The zero-order valence-corrected chi connectivity index (χ0v) is 16.6. The number of hydrogen-bond donors (Lipinski definition) is 1. The van der Waals surface area contributed by atoms with Gasteiger partial charge in [0.15, 0.2) is 17.0 Å². The van der Waals surface area contributed by atoms with Gasteiger partial charge in [0, 0.05) is 19.1 Å². The highest BCUT2D eigenvalue weighted by Crippen LogP contribution is 2.33. The summed E-state index contributed by atoms with van der Waals surface area (Å²) in [7, 11) is 0. The lowest BCUT2D eigenvalue weighted by molar-refractivity contribution is 0.386. The quantitative estimate of drug-likeness (QED) is 0.644. The number of halogens is 1. The first-order valence-corrected chi connectivity index (χ1v) is 10.6. The standard InChI is InChI=1S/C21H25ClN6/c22-21-24-19(18-20(25-21)28(14-23-18)17-8-4-5-9-17)26-27-11-10-16(13-27)12-15-6-2-1-3-7-15/h1-3,6-7,14,16-17H,4-5,8-13H2,(H,24,25,26). The number of hydrogen-bond acceptors (Lipinski definition) is 5. The lowest BCUT2D eigenvalue weighted by Crippen LogP contribution is -2.28. The lowest BCUT2D eigenvalue weighted by Gasteiger charge is -2.19. The molecular weight excluding hydrogens is 372 g/mol. The molecule has 1 unspecified atom stereocenters. The highest BCUT2D eigenvalue weighted by Gasteiger charge is 2.25. The smallest absolute Gasteiger partial charge is 0.226 e. The molecule has 28 heavy (non-hydrogen) atoms. The number of imidazole rings is 1. The van der Waals surface area contributed by atoms with Crippen LogP contribution >= 0.6 is 11.6 Å². The van der Waals surface area contributed by atoms with Crippen LogP contribution < -0.4 is 5.43 Å². The van der Waals surface area contributed by atoms with Crippen LogP contribution in [0.5, 0.6) is 0 Å². The van der Waals surface area contributed by atoms with E-state index in [2.05, 4.69) is 60.3 Å². The van der Waals surface area contributed by atoms with E-state index >= 15 is 0 Å². The van der Waals surface area contributed by atoms with Crippen LogP contribution in [0.2, 0.25) is 5.28 Å². The summed E-state index contributed by atoms with van der Waals surface area (Å²) >= 11 is 6.26. The Hall–Kier alpha value is -2.18. The van der Waals surface area contributed by atoms with Gasteiger partial charge in [-0.05, 0) is 48.8 Å². The number of rotatable bonds is 5. The summed E-state index contributed by atoms with van der Waals surface area (Å²) in [4.78, 5) is 13.5. The number of fused-ring (bicyclic) bond motifs is 1. The molecule has 1 aliphatic heterocycles. The van der Waals surface area contributed by atoms with Crippen LogP contribution in [-0.2, 0) is 6.42 Å². The van der Waals surface area contributed by atoms with Gasteiger partial charge < -0.3 is 9.99 Å². The normalized spacial score (nSPS) is 21.0. The van der Waals surface area contributed by atoms with Crippen molar-refractivity contribution < 1.29 is 0 Å². The molecule has 0 spiro atoms. The van der Waals surface area contributed by atoms with Crippen molar-refractivity contribution in [2.45, 2.75) is 44.6 Å². The van der Waals surface area contributed by atoms with Crippen LogP contribution in [0.25, 0.3) is 11.2 Å². The summed E-state index contributed by atoms with van der Waals surface area (Å²) in [6.07, 6.45) is 9.08. The third-order valence-electron chi connectivity index (χ3n) is 6.03. The van der Waals surface area contributed by atoms with Crippen molar-refractivity contribution in [1.82, 2.24) is 24.5 Å². The van der Waals surface area contributed by atoms with Gasteiger partial charge in [0.25, 0.3) is 0 Å². The molecule has 2 aromatic heterocycles. The van der Waals surface area contributed by atoms with Gasteiger partial charge >= 0.3 is 0 Å². The minimum absolute atomic E-state index is 0.273. The zero-order chi connectivity index (χ0) is 18.9. The van der Waals surface area contributed by atoms with E-state index in [-0.39, 0.29) is 5.28 Å². The zero-order valence-electron chi connectivity index (χ0n) is 15.9. The van der Waals surface area contributed by atoms with Crippen LogP contribution in [0.1, 0.15) is 43.7 Å². The Morgan fingerprint density at radius 1 is 1.07 bits per heavy atom. The van der Waals surface area contributed by atoms with Gasteiger partial charge in [-0.3, -0.25) is 0 Å². The van der Waals surface area contributed by atoms with Crippen LogP contribution in [0.3, 0.4) is 0 Å². The van der Waals surface area contributed by atoms with Gasteiger partial charge in [0.2, 0.25) is 5.28 Å². The average molecular weight is 397 g/mol. The van der Waals surface area contributed by atoms with E-state index in [0.29, 0.717) is 17.8 Å². The number of anilines is 1. The molecule has 1 atom stereocenters. The maximum absolute atomic E-state index is 6.26. The molecule has 1 N–H and O–H groups in total. The number of aromatic nitrogens is 4. The van der Waals surface area contributed by atoms with Gasteiger partial charge in [-0.1, -0.05) is 43.2 Å². The van der Waals surface area contributed by atoms with Crippen LogP contribution in [0, 0.1) is 5.92 Å². The van der Waals surface area contributed by atoms with Crippen molar-refractivity contribution in [3.05, 3.63) is 47.5 Å². The highest BCUT2D eigenvalue weighted by molar-refractivity contribution is 6.28. The van der Waals surface area contributed by atoms with Crippen LogP contribution in [-0.4, -0.2) is 37.6 Å². The Morgan fingerprint density at radius 3 is 2.71 bits per heavy atom. The molecule has 6 nitrogen and oxygen atoms in total. The molecular formula is C21H25ClN6. The summed E-state index contributed by atoms with van der Waals surface area (Å²) < 4.78 is 2.18. The molecule has 0 radical (unpaired) electrons. The van der Waals surface area contributed by atoms with E-state index in [1.165, 1.54) is 37.7 Å². The first-order chi connectivity index (χ1) is 13.8. The summed E-state index contributed by atoms with van der Waals surface area (Å²) in [5.74, 6) is 1.35.